The molecule has 1 atom stereocenters. The average Bonchev–Trinajstić information content (AvgIpc) is 3.46. The minimum absolute atomic E-state index is 0.0824. The molecule has 0 heterocycles. The number of rotatable bonds is 63. The second kappa shape index (κ2) is 68.1. The van der Waals surface area contributed by atoms with E-state index < -0.39 is 6.10 Å². The monoisotopic (exact) mass is 1110 g/mol. The number of carbonyl (C=O) groups excluding carboxylic acids is 3. The average molecular weight is 1120 g/mol. The van der Waals surface area contributed by atoms with Crippen LogP contribution in [0.1, 0.15) is 348 Å². The summed E-state index contributed by atoms with van der Waals surface area (Å²) in [5.41, 5.74) is 0. The van der Waals surface area contributed by atoms with Crippen LogP contribution in [-0.2, 0) is 28.6 Å². The van der Waals surface area contributed by atoms with Crippen LogP contribution in [0.25, 0.3) is 0 Å². The third-order valence-corrected chi connectivity index (χ3v) is 15.1. The van der Waals surface area contributed by atoms with E-state index in [0.717, 1.165) is 109 Å². The van der Waals surface area contributed by atoms with Crippen LogP contribution in [0.5, 0.6) is 0 Å². The van der Waals surface area contributed by atoms with Gasteiger partial charge in [-0.25, -0.2) is 0 Å². The normalized spacial score (nSPS) is 12.6. The molecule has 0 aliphatic rings. The van der Waals surface area contributed by atoms with E-state index in [0.29, 0.717) is 19.3 Å². The summed E-state index contributed by atoms with van der Waals surface area (Å²) in [5.74, 6) is -0.890. The van der Waals surface area contributed by atoms with Gasteiger partial charge in [-0.05, 0) is 96.3 Å². The van der Waals surface area contributed by atoms with Crippen LogP contribution < -0.4 is 0 Å². The maximum Gasteiger partial charge on any atom is 0.306 e. The Morgan fingerprint density at radius 1 is 0.263 bits per heavy atom. The number of allylic oxidation sites excluding steroid dienone is 14. The molecule has 0 aromatic heterocycles. The zero-order valence-electron chi connectivity index (χ0n) is 53.1. The van der Waals surface area contributed by atoms with Gasteiger partial charge in [0.2, 0.25) is 0 Å². The molecule has 6 heteroatoms. The van der Waals surface area contributed by atoms with E-state index in [2.05, 4.69) is 106 Å². The number of ether oxygens (including phenoxy) is 3. The van der Waals surface area contributed by atoms with E-state index in [1.807, 2.05) is 0 Å². The van der Waals surface area contributed by atoms with Crippen molar-refractivity contribution in [3.05, 3.63) is 85.1 Å². The Kier molecular flexibility index (Phi) is 65.2. The predicted octanol–water partition coefficient (Wildman–Crippen LogP) is 23.8. The summed E-state index contributed by atoms with van der Waals surface area (Å²) < 4.78 is 17.0. The molecule has 0 aromatic rings. The van der Waals surface area contributed by atoms with Crippen LogP contribution in [0.2, 0.25) is 0 Å². The molecule has 462 valence electrons. The van der Waals surface area contributed by atoms with Gasteiger partial charge in [-0.15, -0.1) is 0 Å². The van der Waals surface area contributed by atoms with E-state index >= 15 is 0 Å². The van der Waals surface area contributed by atoms with Crippen molar-refractivity contribution in [2.24, 2.45) is 0 Å². The molecular weight excluding hydrogens is 985 g/mol. The number of unbranched alkanes of at least 4 members (excludes halogenated alkanes) is 38. The maximum absolute atomic E-state index is 12.9. The van der Waals surface area contributed by atoms with Crippen molar-refractivity contribution >= 4 is 17.9 Å². The van der Waals surface area contributed by atoms with E-state index in [4.69, 9.17) is 14.2 Å². The Morgan fingerprint density at radius 2 is 0.487 bits per heavy atom. The van der Waals surface area contributed by atoms with Gasteiger partial charge in [0.05, 0.1) is 0 Å². The molecule has 0 aliphatic carbocycles. The van der Waals surface area contributed by atoms with Gasteiger partial charge in [0.15, 0.2) is 6.10 Å². The van der Waals surface area contributed by atoms with Gasteiger partial charge >= 0.3 is 17.9 Å². The summed E-state index contributed by atoms with van der Waals surface area (Å²) >= 11 is 0. The van der Waals surface area contributed by atoms with Gasteiger partial charge in [0.1, 0.15) is 13.2 Å². The molecule has 0 saturated carbocycles. The van der Waals surface area contributed by atoms with Crippen molar-refractivity contribution in [2.45, 2.75) is 354 Å². The number of hydrogen-bond donors (Lipinski definition) is 0. The molecule has 0 spiro atoms. The molecule has 0 radical (unpaired) electrons. The molecule has 0 aromatic carbocycles. The first-order valence-electron chi connectivity index (χ1n) is 34.6. The molecule has 0 rings (SSSR count). The van der Waals surface area contributed by atoms with Crippen LogP contribution >= 0.6 is 0 Å². The fourth-order valence-corrected chi connectivity index (χ4v) is 9.97. The smallest absolute Gasteiger partial charge is 0.306 e. The summed E-state index contributed by atoms with van der Waals surface area (Å²) in [6.07, 6.45) is 90.3. The Morgan fingerprint density at radius 3 is 0.762 bits per heavy atom. The lowest BCUT2D eigenvalue weighted by molar-refractivity contribution is -0.167. The molecule has 80 heavy (non-hydrogen) atoms. The lowest BCUT2D eigenvalue weighted by Crippen LogP contribution is -2.30. The maximum atomic E-state index is 12.9. The fraction of sp³-hybridized carbons (Fsp3) is 0.770. The first-order valence-corrected chi connectivity index (χ1v) is 34.6. The number of hydrogen-bond acceptors (Lipinski definition) is 6. The zero-order valence-corrected chi connectivity index (χ0v) is 53.1. The van der Waals surface area contributed by atoms with Crippen LogP contribution in [-0.4, -0.2) is 37.2 Å². The third-order valence-electron chi connectivity index (χ3n) is 15.1. The van der Waals surface area contributed by atoms with Crippen molar-refractivity contribution < 1.29 is 28.6 Å². The molecule has 1 unspecified atom stereocenters. The SMILES string of the molecule is CC/C=C\C/C=C\C/C=C\C/C=C\CCCCCCC(=O)OCC(COC(=O)CCCCCCCCCCCCCC/C=C\C/C=C\C/C=C\CCCCCCC)OC(=O)CCCCCCCCCCCCCCCCCCCC. The Balaban J connectivity index is 4.33. The molecule has 6 nitrogen and oxygen atoms in total. The third kappa shape index (κ3) is 65.4. The van der Waals surface area contributed by atoms with E-state index in [1.54, 1.807) is 0 Å². The molecule has 0 fully saturated rings. The van der Waals surface area contributed by atoms with E-state index in [1.165, 1.54) is 199 Å². The minimum atomic E-state index is -0.788. The largest absolute Gasteiger partial charge is 0.462 e. The van der Waals surface area contributed by atoms with Gasteiger partial charge in [0.25, 0.3) is 0 Å². The van der Waals surface area contributed by atoms with Crippen molar-refractivity contribution in [1.82, 2.24) is 0 Å². The highest BCUT2D eigenvalue weighted by molar-refractivity contribution is 5.71. The van der Waals surface area contributed by atoms with Gasteiger partial charge in [-0.2, -0.15) is 0 Å². The van der Waals surface area contributed by atoms with Crippen molar-refractivity contribution in [3.63, 3.8) is 0 Å². The van der Waals surface area contributed by atoms with E-state index in [-0.39, 0.29) is 31.1 Å². The quantitative estimate of drug-likeness (QED) is 0.0261. The summed E-state index contributed by atoms with van der Waals surface area (Å²) in [7, 11) is 0. The molecule has 0 saturated heterocycles. The summed E-state index contributed by atoms with van der Waals surface area (Å²) in [5, 5.41) is 0. The summed E-state index contributed by atoms with van der Waals surface area (Å²) in [6.45, 7) is 6.54. The Bertz CT molecular complexity index is 1520. The van der Waals surface area contributed by atoms with Crippen molar-refractivity contribution in [3.8, 4) is 0 Å². The van der Waals surface area contributed by atoms with Gasteiger partial charge in [0, 0.05) is 19.3 Å². The molecule has 0 N–H and O–H groups in total. The van der Waals surface area contributed by atoms with Gasteiger partial charge < -0.3 is 14.2 Å². The molecule has 0 bridgehead atoms. The molecular formula is C74H130O6. The Hall–Kier alpha value is -3.41. The lowest BCUT2D eigenvalue weighted by Gasteiger charge is -2.18. The predicted molar refractivity (Wildman–Crippen MR) is 348 cm³/mol. The molecule has 0 aliphatic heterocycles. The molecule has 0 amide bonds. The van der Waals surface area contributed by atoms with E-state index in [9.17, 15) is 14.4 Å². The zero-order chi connectivity index (χ0) is 57.8. The minimum Gasteiger partial charge on any atom is -0.462 e. The highest BCUT2D eigenvalue weighted by atomic mass is 16.6. The first-order chi connectivity index (χ1) is 39.5. The van der Waals surface area contributed by atoms with Crippen LogP contribution in [0, 0.1) is 0 Å². The van der Waals surface area contributed by atoms with Crippen molar-refractivity contribution in [2.75, 3.05) is 13.2 Å². The number of carbonyl (C=O) groups is 3. The second-order valence-corrected chi connectivity index (χ2v) is 23.1. The topological polar surface area (TPSA) is 78.9 Å². The number of esters is 3. The summed E-state index contributed by atoms with van der Waals surface area (Å²) in [4.78, 5) is 38.4. The first kappa shape index (κ1) is 76.6. The lowest BCUT2D eigenvalue weighted by atomic mass is 10.0. The van der Waals surface area contributed by atoms with Crippen LogP contribution in [0.3, 0.4) is 0 Å². The van der Waals surface area contributed by atoms with Crippen LogP contribution in [0.15, 0.2) is 85.1 Å². The van der Waals surface area contributed by atoms with Crippen molar-refractivity contribution in [1.29, 1.82) is 0 Å². The van der Waals surface area contributed by atoms with Gasteiger partial charge in [-0.3, -0.25) is 14.4 Å². The summed E-state index contributed by atoms with van der Waals surface area (Å²) in [6, 6.07) is 0. The fourth-order valence-electron chi connectivity index (χ4n) is 9.97. The second-order valence-electron chi connectivity index (χ2n) is 23.1. The highest BCUT2D eigenvalue weighted by Crippen LogP contribution is 2.17. The Labute approximate surface area is 496 Å². The van der Waals surface area contributed by atoms with Gasteiger partial charge in [-0.1, -0.05) is 318 Å². The standard InChI is InChI=1S/C74H130O6/c1-4-7-10-13-16-19-22-25-28-31-33-34-35-36-37-38-39-40-41-44-46-49-52-55-58-61-64-67-73(76)79-70-71(69-78-72(75)66-63-60-57-54-51-48-45-42-30-27-24-21-18-15-12-9-6-3)80-74(77)68-65-62-59-56-53-50-47-43-32-29-26-23-20-17-14-11-8-5-2/h9,12,18,21-22,25,27,30-31,33,35-36,45,48,71H,4-8,10-11,13-17,19-20,23-24,26,28-29,32,34,37-44,46-47,49-70H2,1-3H3/b12-9-,21-18-,25-22-,30-27-,33-31-,36-35-,48-45-. The van der Waals surface area contributed by atoms with Crippen LogP contribution in [0.4, 0.5) is 0 Å². The highest BCUT2D eigenvalue weighted by Gasteiger charge is 2.19.